The topological polar surface area (TPSA) is 185 Å². The van der Waals surface area contributed by atoms with Gasteiger partial charge in [0.1, 0.15) is 11.5 Å². The zero-order chi connectivity index (χ0) is 64.9. The first-order valence-electron chi connectivity index (χ1n) is 35.1. The summed E-state index contributed by atoms with van der Waals surface area (Å²) in [5.74, 6) is -0.834. The molecule has 2 atom stereocenters. The number of aromatic hydroxyl groups is 2. The van der Waals surface area contributed by atoms with Gasteiger partial charge in [0.05, 0.1) is 59.7 Å². The van der Waals surface area contributed by atoms with Crippen molar-refractivity contribution in [1.82, 2.24) is 0 Å². The average molecular weight is 1270 g/mol. The fourth-order valence-corrected chi connectivity index (χ4v) is 13.5. The number of nitrogens with one attached hydrogen (secondary N) is 2. The standard InChI is InChI=1S/C80H100N2O10.CH4/c1-3-5-7-9-11-17-23-33-59(35-25-19-13-15-21-31-53-91-71(85)55-57-41-45-61(46-42-57)81-67-49-51-69(83)75-73(67)77(87)63-37-27-29-39-65(63)79(75)89)60(34-24-18-12-10-8-6-4-2)36-26-20-14-16-22-32-54-92-72(86)56-58-43-47-62(48-44-58)82-68-50-52-70(84)76-74(68)78(88)64-38-28-30-40-66(64)80(76)90;/h27-30,37-52,59-60,81-84H,3-26,31-36,53-56H2,1-2H3;1H4. The molecule has 0 fully saturated rings. The Balaban J connectivity index is 0.0000123. The van der Waals surface area contributed by atoms with Gasteiger partial charge in [-0.3, -0.25) is 28.8 Å². The maximum atomic E-state index is 13.5. The maximum absolute atomic E-state index is 13.5. The summed E-state index contributed by atoms with van der Waals surface area (Å²) in [5, 5.41) is 27.7. The summed E-state index contributed by atoms with van der Waals surface area (Å²) >= 11 is 0. The minimum atomic E-state index is -0.388. The van der Waals surface area contributed by atoms with Crippen LogP contribution in [0.15, 0.2) is 121 Å². The van der Waals surface area contributed by atoms with Gasteiger partial charge in [-0.2, -0.15) is 0 Å². The highest BCUT2D eigenvalue weighted by Gasteiger charge is 2.36. The van der Waals surface area contributed by atoms with Crippen molar-refractivity contribution in [3.8, 4) is 11.5 Å². The van der Waals surface area contributed by atoms with Crippen LogP contribution in [0.4, 0.5) is 22.7 Å². The summed E-state index contributed by atoms with van der Waals surface area (Å²) < 4.78 is 11.3. The van der Waals surface area contributed by atoms with E-state index in [0.717, 1.165) is 61.5 Å². The van der Waals surface area contributed by atoms with Gasteiger partial charge in [-0.1, -0.05) is 274 Å². The number of rotatable bonds is 43. The van der Waals surface area contributed by atoms with Crippen LogP contribution in [0, 0.1) is 11.8 Å². The van der Waals surface area contributed by atoms with E-state index in [0.29, 0.717) is 47.1 Å². The molecule has 0 spiro atoms. The molecule has 4 N–H and O–H groups in total. The molecule has 6 aromatic rings. The monoisotopic (exact) mass is 1260 g/mol. The van der Waals surface area contributed by atoms with Crippen molar-refractivity contribution in [2.24, 2.45) is 11.8 Å². The van der Waals surface area contributed by atoms with E-state index in [2.05, 4.69) is 24.5 Å². The highest BCUT2D eigenvalue weighted by molar-refractivity contribution is 6.32. The largest absolute Gasteiger partial charge is 0.507 e. The Kier molecular flexibility index (Phi) is 30.4. The van der Waals surface area contributed by atoms with Crippen molar-refractivity contribution in [2.45, 2.75) is 227 Å². The van der Waals surface area contributed by atoms with Gasteiger partial charge in [-0.05, 0) is 84.3 Å². The van der Waals surface area contributed by atoms with Crippen LogP contribution in [0.25, 0.3) is 0 Å². The summed E-state index contributed by atoms with van der Waals surface area (Å²) in [5.41, 5.74) is 5.27. The number of fused-ring (bicyclic) bond motifs is 4. The Morgan fingerprint density at radius 3 is 0.946 bits per heavy atom. The number of carbonyl (C=O) groups is 6. The first-order valence-corrected chi connectivity index (χ1v) is 35.1. The molecular formula is C81H104N2O10. The van der Waals surface area contributed by atoms with Crippen LogP contribution in [0.1, 0.15) is 289 Å². The Bertz CT molecular complexity index is 3140. The Morgan fingerprint density at radius 1 is 0.355 bits per heavy atom. The van der Waals surface area contributed by atoms with Gasteiger partial charge in [0.25, 0.3) is 0 Å². The van der Waals surface area contributed by atoms with E-state index in [1.807, 2.05) is 48.5 Å². The number of carbonyl (C=O) groups excluding carboxylic acids is 6. The molecule has 6 aromatic carbocycles. The summed E-state index contributed by atoms with van der Waals surface area (Å²) in [6, 6.07) is 34.0. The second-order valence-corrected chi connectivity index (χ2v) is 25.8. The molecule has 0 saturated carbocycles. The normalized spacial score (nSPS) is 12.9. The van der Waals surface area contributed by atoms with E-state index < -0.39 is 0 Å². The van der Waals surface area contributed by atoms with Gasteiger partial charge in [-0.25, -0.2) is 0 Å². The van der Waals surface area contributed by atoms with Crippen molar-refractivity contribution >= 4 is 57.8 Å². The summed E-state index contributed by atoms with van der Waals surface area (Å²) in [6.45, 7) is 5.41. The molecule has 0 radical (unpaired) electrons. The van der Waals surface area contributed by atoms with E-state index in [1.165, 1.54) is 166 Å². The van der Waals surface area contributed by atoms with Crippen molar-refractivity contribution in [3.05, 3.63) is 177 Å². The number of anilines is 4. The van der Waals surface area contributed by atoms with Crippen LogP contribution in [-0.2, 0) is 31.9 Å². The van der Waals surface area contributed by atoms with Crippen molar-refractivity contribution < 1.29 is 48.5 Å². The molecule has 0 amide bonds. The van der Waals surface area contributed by atoms with Gasteiger partial charge < -0.3 is 30.3 Å². The molecule has 8 rings (SSSR count). The fraction of sp³-hybridized carbons (Fsp3) is 0.481. The van der Waals surface area contributed by atoms with Gasteiger partial charge in [0.2, 0.25) is 0 Å². The van der Waals surface area contributed by atoms with E-state index in [4.69, 9.17) is 9.47 Å². The van der Waals surface area contributed by atoms with E-state index in [9.17, 15) is 39.0 Å². The molecule has 0 heterocycles. The third-order valence-electron chi connectivity index (χ3n) is 18.8. The van der Waals surface area contributed by atoms with Crippen LogP contribution in [0.2, 0.25) is 0 Å². The number of esters is 2. The van der Waals surface area contributed by atoms with Gasteiger partial charge in [0, 0.05) is 33.6 Å². The zero-order valence-corrected chi connectivity index (χ0v) is 54.9. The molecule has 12 nitrogen and oxygen atoms in total. The Morgan fingerprint density at radius 2 is 0.634 bits per heavy atom. The lowest BCUT2D eigenvalue weighted by atomic mass is 9.78. The molecule has 12 heteroatoms. The molecule has 2 aliphatic rings. The number of benzene rings is 6. The molecule has 2 aliphatic carbocycles. The van der Waals surface area contributed by atoms with E-state index in [1.54, 1.807) is 60.7 Å². The second-order valence-electron chi connectivity index (χ2n) is 25.8. The van der Waals surface area contributed by atoms with Gasteiger partial charge >= 0.3 is 11.9 Å². The number of phenolic OH excluding ortho intramolecular Hbond substituents is 2. The summed E-state index contributed by atoms with van der Waals surface area (Å²) in [6.07, 6.45) is 38.0. The SMILES string of the molecule is C.CCCCCCCCCC(CCCCCCCCOC(=O)Cc1ccc(Nc2ccc(O)c3c2C(=O)c2ccccc2C3=O)cc1)C(CCCCCCCCC)CCCCCCCCOC(=O)Cc1ccc(Nc2ccc(O)c3c2C(=O)c2ccccc2C3=O)cc1. The van der Waals surface area contributed by atoms with Crippen LogP contribution in [0.5, 0.6) is 11.5 Å². The molecule has 0 bridgehead atoms. The van der Waals surface area contributed by atoms with Crippen molar-refractivity contribution in [2.75, 3.05) is 23.8 Å². The average Bonchev–Trinajstić information content (AvgIpc) is 0.963. The van der Waals surface area contributed by atoms with E-state index >= 15 is 0 Å². The zero-order valence-electron chi connectivity index (χ0n) is 54.9. The first-order chi connectivity index (χ1) is 44.9. The molecule has 93 heavy (non-hydrogen) atoms. The predicted octanol–water partition coefficient (Wildman–Crippen LogP) is 20.6. The molecule has 0 saturated heterocycles. The third-order valence-corrected chi connectivity index (χ3v) is 18.8. The molecule has 0 aromatic heterocycles. The van der Waals surface area contributed by atoms with Crippen molar-refractivity contribution in [1.29, 1.82) is 0 Å². The lowest BCUT2D eigenvalue weighted by Crippen LogP contribution is -2.22. The Labute approximate surface area is 554 Å². The minimum absolute atomic E-state index is 0. The number of phenols is 2. The number of hydrogen-bond donors (Lipinski definition) is 4. The van der Waals surface area contributed by atoms with Gasteiger partial charge in [-0.15, -0.1) is 0 Å². The predicted molar refractivity (Wildman–Crippen MR) is 375 cm³/mol. The molecule has 498 valence electrons. The molecule has 0 aliphatic heterocycles. The number of hydrogen-bond acceptors (Lipinski definition) is 12. The van der Waals surface area contributed by atoms with Crippen LogP contribution < -0.4 is 10.6 Å². The van der Waals surface area contributed by atoms with Crippen LogP contribution in [-0.4, -0.2) is 58.5 Å². The summed E-state index contributed by atoms with van der Waals surface area (Å²) in [7, 11) is 0. The van der Waals surface area contributed by atoms with Crippen LogP contribution >= 0.6 is 0 Å². The second kappa shape index (κ2) is 39.0. The maximum Gasteiger partial charge on any atom is 0.310 e. The highest BCUT2D eigenvalue weighted by Crippen LogP contribution is 2.41. The van der Waals surface area contributed by atoms with Crippen molar-refractivity contribution in [3.63, 3.8) is 0 Å². The number of ether oxygens (including phenoxy) is 2. The quantitative estimate of drug-likeness (QED) is 0.0161. The number of ketones is 4. The fourth-order valence-electron chi connectivity index (χ4n) is 13.5. The smallest absolute Gasteiger partial charge is 0.310 e. The highest BCUT2D eigenvalue weighted by atomic mass is 16.5. The first kappa shape index (κ1) is 72.6. The molecular weight excluding hydrogens is 1160 g/mol. The third kappa shape index (κ3) is 21.6. The number of unbranched alkanes of at least 4 members (excludes halogenated alkanes) is 22. The van der Waals surface area contributed by atoms with E-state index in [-0.39, 0.29) is 100 Å². The minimum Gasteiger partial charge on any atom is -0.507 e. The lowest BCUT2D eigenvalue weighted by molar-refractivity contribution is -0.143. The Hall–Kier alpha value is -7.86. The summed E-state index contributed by atoms with van der Waals surface area (Å²) in [4.78, 5) is 79.4. The molecule has 2 unspecified atom stereocenters. The van der Waals surface area contributed by atoms with Gasteiger partial charge in [0.15, 0.2) is 23.1 Å². The van der Waals surface area contributed by atoms with Crippen LogP contribution in [0.3, 0.4) is 0 Å². The lowest BCUT2D eigenvalue weighted by Gasteiger charge is -2.28.